The number of carbonyl (C=O) groups excluding carboxylic acids is 3. The number of amides is 2. The van der Waals surface area contributed by atoms with E-state index in [9.17, 15) is 14.4 Å². The molecule has 0 aliphatic carbocycles. The molecular formula is C18H21NO6. The van der Waals surface area contributed by atoms with Crippen molar-refractivity contribution in [1.82, 2.24) is 4.90 Å². The van der Waals surface area contributed by atoms with Gasteiger partial charge in [0.15, 0.2) is 0 Å². The maximum atomic E-state index is 12.1. The lowest BCUT2D eigenvalue weighted by Gasteiger charge is -2.13. The monoisotopic (exact) mass is 347 g/mol. The first-order chi connectivity index (χ1) is 12.0. The van der Waals surface area contributed by atoms with Crippen molar-refractivity contribution in [1.29, 1.82) is 0 Å². The van der Waals surface area contributed by atoms with Gasteiger partial charge in [-0.05, 0) is 19.1 Å². The second-order valence-corrected chi connectivity index (χ2v) is 5.45. The minimum absolute atomic E-state index is 0.154. The van der Waals surface area contributed by atoms with E-state index < -0.39 is 5.97 Å². The van der Waals surface area contributed by atoms with Crippen LogP contribution in [0, 0.1) is 0 Å². The van der Waals surface area contributed by atoms with Crippen molar-refractivity contribution < 1.29 is 28.6 Å². The lowest BCUT2D eigenvalue weighted by atomic mass is 10.1. The third-order valence-electron chi connectivity index (χ3n) is 3.52. The van der Waals surface area contributed by atoms with E-state index in [0.29, 0.717) is 29.9 Å². The molecule has 1 aliphatic heterocycles. The van der Waals surface area contributed by atoms with E-state index in [4.69, 9.17) is 14.2 Å². The van der Waals surface area contributed by atoms with Crippen LogP contribution in [0.4, 0.5) is 0 Å². The molecule has 0 fully saturated rings. The molecule has 2 rings (SSSR count). The van der Waals surface area contributed by atoms with Gasteiger partial charge < -0.3 is 14.2 Å². The van der Waals surface area contributed by atoms with E-state index in [1.54, 1.807) is 31.2 Å². The molecule has 7 heteroatoms. The van der Waals surface area contributed by atoms with Crippen LogP contribution in [0.25, 0.3) is 0 Å². The third-order valence-corrected chi connectivity index (χ3v) is 3.52. The molecule has 2 amide bonds. The van der Waals surface area contributed by atoms with Crippen molar-refractivity contribution in [3.05, 3.63) is 47.5 Å². The Morgan fingerprint density at radius 1 is 0.960 bits per heavy atom. The molecule has 1 aromatic carbocycles. The van der Waals surface area contributed by atoms with Crippen LogP contribution in [0.5, 0.6) is 0 Å². The Hall–Kier alpha value is -2.51. The molecule has 25 heavy (non-hydrogen) atoms. The number of esters is 1. The molecule has 134 valence electrons. The van der Waals surface area contributed by atoms with Crippen LogP contribution >= 0.6 is 0 Å². The van der Waals surface area contributed by atoms with E-state index >= 15 is 0 Å². The van der Waals surface area contributed by atoms with Crippen LogP contribution in [0.3, 0.4) is 0 Å². The Kier molecular flexibility index (Phi) is 6.85. The highest BCUT2D eigenvalue weighted by Crippen LogP contribution is 2.21. The van der Waals surface area contributed by atoms with Gasteiger partial charge in [-0.2, -0.15) is 0 Å². The van der Waals surface area contributed by atoms with Crippen molar-refractivity contribution in [3.63, 3.8) is 0 Å². The predicted octanol–water partition coefficient (Wildman–Crippen LogP) is 1.44. The van der Waals surface area contributed by atoms with Gasteiger partial charge in [-0.3, -0.25) is 14.5 Å². The molecule has 0 saturated carbocycles. The van der Waals surface area contributed by atoms with Crippen molar-refractivity contribution in [2.75, 3.05) is 39.6 Å². The Morgan fingerprint density at radius 3 is 2.04 bits per heavy atom. The van der Waals surface area contributed by atoms with Crippen molar-refractivity contribution in [3.8, 4) is 0 Å². The van der Waals surface area contributed by atoms with E-state index in [2.05, 4.69) is 6.58 Å². The smallest absolute Gasteiger partial charge is 0.333 e. The summed E-state index contributed by atoms with van der Waals surface area (Å²) in [5, 5.41) is 0. The lowest BCUT2D eigenvalue weighted by molar-refractivity contribution is -0.140. The standard InChI is InChI=1S/C18H21NO6/c1-13(2)18(22)25-12-11-24-10-9-23-8-7-19-16(20)14-5-3-4-6-15(14)17(19)21/h3-6H,1,7-12H2,2H3. The fourth-order valence-electron chi connectivity index (χ4n) is 2.24. The summed E-state index contributed by atoms with van der Waals surface area (Å²) in [6.45, 7) is 6.54. The molecule has 0 saturated heterocycles. The van der Waals surface area contributed by atoms with Gasteiger partial charge >= 0.3 is 5.97 Å². The van der Waals surface area contributed by atoms with Crippen molar-refractivity contribution >= 4 is 17.8 Å². The van der Waals surface area contributed by atoms with Crippen LogP contribution in [-0.4, -0.2) is 62.3 Å². The molecule has 1 aromatic rings. The number of hydrogen-bond acceptors (Lipinski definition) is 6. The predicted molar refractivity (Wildman–Crippen MR) is 89.2 cm³/mol. The van der Waals surface area contributed by atoms with Gasteiger partial charge in [-0.1, -0.05) is 18.7 Å². The maximum Gasteiger partial charge on any atom is 0.333 e. The summed E-state index contributed by atoms with van der Waals surface area (Å²) in [4.78, 5) is 36.5. The van der Waals surface area contributed by atoms with Gasteiger partial charge in [0.25, 0.3) is 11.8 Å². The number of carbonyl (C=O) groups is 3. The van der Waals surface area contributed by atoms with Crippen LogP contribution in [0.1, 0.15) is 27.6 Å². The molecule has 0 aromatic heterocycles. The van der Waals surface area contributed by atoms with Crippen LogP contribution < -0.4 is 0 Å². The van der Waals surface area contributed by atoms with Gasteiger partial charge in [0.1, 0.15) is 6.61 Å². The number of imide groups is 1. The zero-order valence-electron chi connectivity index (χ0n) is 14.2. The van der Waals surface area contributed by atoms with Crippen LogP contribution in [-0.2, 0) is 19.0 Å². The highest BCUT2D eigenvalue weighted by atomic mass is 16.6. The Balaban J connectivity index is 1.56. The number of rotatable bonds is 10. The average molecular weight is 347 g/mol. The second-order valence-electron chi connectivity index (χ2n) is 5.45. The van der Waals surface area contributed by atoms with Gasteiger partial charge in [0.05, 0.1) is 44.1 Å². The van der Waals surface area contributed by atoms with Gasteiger partial charge in [0, 0.05) is 5.57 Å². The highest BCUT2D eigenvalue weighted by Gasteiger charge is 2.34. The summed E-state index contributed by atoms with van der Waals surface area (Å²) in [6.07, 6.45) is 0. The van der Waals surface area contributed by atoms with E-state index in [1.165, 1.54) is 4.90 Å². The molecular weight excluding hydrogens is 326 g/mol. The first-order valence-electron chi connectivity index (χ1n) is 7.95. The van der Waals surface area contributed by atoms with Crippen molar-refractivity contribution in [2.45, 2.75) is 6.92 Å². The number of benzene rings is 1. The molecule has 0 bridgehead atoms. The van der Waals surface area contributed by atoms with Gasteiger partial charge in [-0.25, -0.2) is 4.79 Å². The fourth-order valence-corrected chi connectivity index (χ4v) is 2.24. The molecule has 1 heterocycles. The summed E-state index contributed by atoms with van der Waals surface area (Å²) in [7, 11) is 0. The minimum atomic E-state index is -0.444. The Bertz CT molecular complexity index is 634. The molecule has 0 spiro atoms. The van der Waals surface area contributed by atoms with Gasteiger partial charge in [0.2, 0.25) is 0 Å². The van der Waals surface area contributed by atoms with Crippen LogP contribution in [0.15, 0.2) is 36.4 Å². The molecule has 0 atom stereocenters. The van der Waals surface area contributed by atoms with E-state index in [0.717, 1.165) is 0 Å². The molecule has 1 aliphatic rings. The normalized spacial score (nSPS) is 13.1. The van der Waals surface area contributed by atoms with Crippen LogP contribution in [0.2, 0.25) is 0 Å². The molecule has 7 nitrogen and oxygen atoms in total. The Labute approximate surface area is 146 Å². The van der Waals surface area contributed by atoms with Gasteiger partial charge in [-0.15, -0.1) is 0 Å². The summed E-state index contributed by atoms with van der Waals surface area (Å²) in [5.41, 5.74) is 1.21. The largest absolute Gasteiger partial charge is 0.460 e. The molecule has 0 N–H and O–H groups in total. The highest BCUT2D eigenvalue weighted by molar-refractivity contribution is 6.21. The summed E-state index contributed by atoms with van der Waals surface area (Å²) in [5.74, 6) is -1.03. The number of hydrogen-bond donors (Lipinski definition) is 0. The number of fused-ring (bicyclic) bond motifs is 1. The lowest BCUT2D eigenvalue weighted by Crippen LogP contribution is -2.33. The molecule has 0 radical (unpaired) electrons. The maximum absolute atomic E-state index is 12.1. The van der Waals surface area contributed by atoms with E-state index in [1.807, 2.05) is 0 Å². The topological polar surface area (TPSA) is 82.1 Å². The number of nitrogens with zero attached hydrogens (tertiary/aromatic N) is 1. The minimum Gasteiger partial charge on any atom is -0.460 e. The molecule has 0 unspecified atom stereocenters. The fraction of sp³-hybridized carbons (Fsp3) is 0.389. The van der Waals surface area contributed by atoms with Crippen molar-refractivity contribution in [2.24, 2.45) is 0 Å². The average Bonchev–Trinajstić information content (AvgIpc) is 2.85. The third kappa shape index (κ3) is 4.98. The number of ether oxygens (including phenoxy) is 3. The SMILES string of the molecule is C=C(C)C(=O)OCCOCCOCCN1C(=O)c2ccccc2C1=O. The summed E-state index contributed by atoms with van der Waals surface area (Å²) in [6, 6.07) is 6.75. The zero-order chi connectivity index (χ0) is 18.2. The quantitative estimate of drug-likeness (QED) is 0.276. The zero-order valence-corrected chi connectivity index (χ0v) is 14.2. The second kappa shape index (κ2) is 9.10. The summed E-state index contributed by atoms with van der Waals surface area (Å²) >= 11 is 0. The Morgan fingerprint density at radius 2 is 1.48 bits per heavy atom. The summed E-state index contributed by atoms with van der Waals surface area (Å²) < 4.78 is 15.5. The first kappa shape index (κ1) is 18.8. The first-order valence-corrected chi connectivity index (χ1v) is 7.95. The van der Waals surface area contributed by atoms with E-state index in [-0.39, 0.29) is 38.2 Å².